The third kappa shape index (κ3) is 3.26. The zero-order valence-electron chi connectivity index (χ0n) is 16.1. The average molecular weight is 354 g/mol. The van der Waals surface area contributed by atoms with E-state index in [1.54, 1.807) is 0 Å². The summed E-state index contributed by atoms with van der Waals surface area (Å²) in [6.45, 7) is 8.33. The van der Waals surface area contributed by atoms with Crippen molar-refractivity contribution >= 4 is 17.2 Å². The van der Waals surface area contributed by atoms with Gasteiger partial charge in [0, 0.05) is 11.8 Å². The Bertz CT molecular complexity index is 1150. The van der Waals surface area contributed by atoms with Gasteiger partial charge >= 0.3 is 0 Å². The van der Waals surface area contributed by atoms with Crippen molar-refractivity contribution in [2.24, 2.45) is 10.2 Å². The van der Waals surface area contributed by atoms with E-state index in [9.17, 15) is 0 Å². The van der Waals surface area contributed by atoms with E-state index in [-0.39, 0.29) is 0 Å². The molecule has 0 atom stereocenters. The number of hydrogen-bond donors (Lipinski definition) is 0. The lowest BCUT2D eigenvalue weighted by molar-refractivity contribution is 1.09. The molecule has 27 heavy (non-hydrogen) atoms. The molecule has 0 saturated heterocycles. The maximum absolute atomic E-state index is 4.87. The highest BCUT2D eigenvalue weighted by molar-refractivity contribution is 5.75. The third-order valence-electron chi connectivity index (χ3n) is 4.90. The van der Waals surface area contributed by atoms with Gasteiger partial charge in [0.2, 0.25) is 0 Å². The Kier molecular flexibility index (Phi) is 4.32. The summed E-state index contributed by atoms with van der Waals surface area (Å²) in [5.41, 5.74) is 8.42. The molecule has 0 saturated carbocycles. The molecular formula is C23H22N4. The number of azo groups is 1. The Balaban J connectivity index is 1.88. The summed E-state index contributed by atoms with van der Waals surface area (Å²) in [7, 11) is 0. The fraction of sp³-hybridized carbons (Fsp3) is 0.174. The van der Waals surface area contributed by atoms with Gasteiger partial charge < -0.3 is 0 Å². The molecule has 0 bridgehead atoms. The average Bonchev–Trinajstić information content (AvgIpc) is 3.03. The van der Waals surface area contributed by atoms with Gasteiger partial charge in [0.15, 0.2) is 5.82 Å². The fourth-order valence-corrected chi connectivity index (χ4v) is 3.09. The van der Waals surface area contributed by atoms with E-state index >= 15 is 0 Å². The van der Waals surface area contributed by atoms with Crippen molar-refractivity contribution in [3.05, 3.63) is 83.0 Å². The molecule has 2 heterocycles. The van der Waals surface area contributed by atoms with Crippen LogP contribution in [0.4, 0.5) is 11.5 Å². The molecule has 4 nitrogen and oxygen atoms in total. The van der Waals surface area contributed by atoms with Gasteiger partial charge in [0.1, 0.15) is 11.3 Å². The molecular weight excluding hydrogens is 332 g/mol. The van der Waals surface area contributed by atoms with Crippen LogP contribution in [0.1, 0.15) is 22.3 Å². The van der Waals surface area contributed by atoms with Crippen molar-refractivity contribution in [2.45, 2.75) is 27.7 Å². The van der Waals surface area contributed by atoms with E-state index in [4.69, 9.17) is 4.98 Å². The smallest absolute Gasteiger partial charge is 0.187 e. The van der Waals surface area contributed by atoms with Gasteiger partial charge in [-0.15, -0.1) is 10.2 Å². The molecule has 4 rings (SSSR count). The van der Waals surface area contributed by atoms with E-state index in [0.29, 0.717) is 0 Å². The molecule has 134 valence electrons. The minimum Gasteiger partial charge on any atom is -0.282 e. The van der Waals surface area contributed by atoms with Crippen molar-refractivity contribution in [1.29, 1.82) is 0 Å². The first-order chi connectivity index (χ1) is 13.0. The zero-order valence-corrected chi connectivity index (χ0v) is 16.1. The van der Waals surface area contributed by atoms with Crippen LogP contribution >= 0.6 is 0 Å². The van der Waals surface area contributed by atoms with Crippen LogP contribution in [0.15, 0.2) is 71.0 Å². The van der Waals surface area contributed by atoms with Gasteiger partial charge in [-0.05, 0) is 62.6 Å². The van der Waals surface area contributed by atoms with Crippen molar-refractivity contribution in [3.8, 4) is 11.3 Å². The Hall–Kier alpha value is -3.27. The Morgan fingerprint density at radius 1 is 0.778 bits per heavy atom. The van der Waals surface area contributed by atoms with Crippen molar-refractivity contribution in [1.82, 2.24) is 9.38 Å². The number of hydrogen-bond acceptors (Lipinski definition) is 3. The predicted molar refractivity (Wildman–Crippen MR) is 110 cm³/mol. The summed E-state index contributed by atoms with van der Waals surface area (Å²) in [6, 6.07) is 18.5. The molecule has 2 aromatic heterocycles. The monoisotopic (exact) mass is 354 g/mol. The molecule has 0 unspecified atom stereocenters. The van der Waals surface area contributed by atoms with Crippen molar-refractivity contribution in [3.63, 3.8) is 0 Å². The number of benzene rings is 2. The van der Waals surface area contributed by atoms with Gasteiger partial charge in [0.25, 0.3) is 0 Å². The zero-order chi connectivity index (χ0) is 19.0. The van der Waals surface area contributed by atoms with E-state index in [0.717, 1.165) is 34.0 Å². The van der Waals surface area contributed by atoms with E-state index < -0.39 is 0 Å². The molecule has 4 heteroatoms. The molecule has 0 N–H and O–H groups in total. The van der Waals surface area contributed by atoms with Gasteiger partial charge in [-0.25, -0.2) is 4.98 Å². The molecule has 0 aliphatic carbocycles. The first-order valence-corrected chi connectivity index (χ1v) is 9.06. The Morgan fingerprint density at radius 3 is 2.30 bits per heavy atom. The number of fused-ring (bicyclic) bond motifs is 1. The molecule has 4 aromatic rings. The first kappa shape index (κ1) is 17.2. The van der Waals surface area contributed by atoms with Crippen LogP contribution in [-0.2, 0) is 0 Å². The van der Waals surface area contributed by atoms with E-state index in [1.807, 2.05) is 22.7 Å². The second-order valence-corrected chi connectivity index (χ2v) is 7.00. The largest absolute Gasteiger partial charge is 0.282 e. The molecule has 0 spiro atoms. The molecule has 0 radical (unpaired) electrons. The molecule has 2 aromatic carbocycles. The number of aryl methyl sites for hydroxylation is 4. The molecule has 0 aliphatic rings. The molecule has 0 amide bonds. The van der Waals surface area contributed by atoms with Crippen LogP contribution in [0, 0.1) is 27.7 Å². The SMILES string of the molecule is Cc1ccc(-c2nc3c(C)cccn3c2N=Nc2ccc(C)c(C)c2)cc1. The van der Waals surface area contributed by atoms with Gasteiger partial charge in [-0.1, -0.05) is 42.0 Å². The minimum atomic E-state index is 0.746. The van der Waals surface area contributed by atoms with E-state index in [2.05, 4.69) is 80.4 Å². The second kappa shape index (κ2) is 6.80. The number of imidazole rings is 1. The molecule has 0 fully saturated rings. The summed E-state index contributed by atoms with van der Waals surface area (Å²) in [5, 5.41) is 9.10. The van der Waals surface area contributed by atoms with Crippen LogP contribution < -0.4 is 0 Å². The quantitative estimate of drug-likeness (QED) is 0.380. The normalized spacial score (nSPS) is 11.6. The maximum Gasteiger partial charge on any atom is 0.187 e. The standard InChI is InChI=1S/C23H22N4/c1-15-7-10-19(11-8-15)21-23(27-13-5-6-17(3)22(27)24-21)26-25-20-12-9-16(2)18(4)14-20/h5-14H,1-4H3. The minimum absolute atomic E-state index is 0.746. The van der Waals surface area contributed by atoms with Crippen LogP contribution in [0.25, 0.3) is 16.9 Å². The third-order valence-corrected chi connectivity index (χ3v) is 4.90. The lowest BCUT2D eigenvalue weighted by Gasteiger charge is -2.02. The number of rotatable bonds is 3. The molecule has 0 aliphatic heterocycles. The van der Waals surface area contributed by atoms with Crippen LogP contribution in [-0.4, -0.2) is 9.38 Å². The van der Waals surface area contributed by atoms with E-state index in [1.165, 1.54) is 16.7 Å². The van der Waals surface area contributed by atoms with Gasteiger partial charge in [0.05, 0.1) is 5.69 Å². The summed E-state index contributed by atoms with van der Waals surface area (Å²) in [5.74, 6) is 0.746. The highest BCUT2D eigenvalue weighted by atomic mass is 15.2. The summed E-state index contributed by atoms with van der Waals surface area (Å²) in [6.07, 6.45) is 1.99. The number of nitrogens with zero attached hydrogens (tertiary/aromatic N) is 4. The Labute approximate surface area is 159 Å². The number of aromatic nitrogens is 2. The highest BCUT2D eigenvalue weighted by Gasteiger charge is 2.15. The van der Waals surface area contributed by atoms with Gasteiger partial charge in [-0.3, -0.25) is 4.40 Å². The number of pyridine rings is 1. The lowest BCUT2D eigenvalue weighted by Crippen LogP contribution is -1.85. The summed E-state index contributed by atoms with van der Waals surface area (Å²) in [4.78, 5) is 4.87. The summed E-state index contributed by atoms with van der Waals surface area (Å²) >= 11 is 0. The first-order valence-electron chi connectivity index (χ1n) is 9.06. The highest BCUT2D eigenvalue weighted by Crippen LogP contribution is 2.33. The van der Waals surface area contributed by atoms with Crippen LogP contribution in [0.3, 0.4) is 0 Å². The second-order valence-electron chi connectivity index (χ2n) is 7.00. The van der Waals surface area contributed by atoms with Gasteiger partial charge in [-0.2, -0.15) is 0 Å². The lowest BCUT2D eigenvalue weighted by atomic mass is 10.1. The fourth-order valence-electron chi connectivity index (χ4n) is 3.09. The van der Waals surface area contributed by atoms with Crippen molar-refractivity contribution < 1.29 is 0 Å². The van der Waals surface area contributed by atoms with Crippen LogP contribution in [0.5, 0.6) is 0 Å². The van der Waals surface area contributed by atoms with Crippen LogP contribution in [0.2, 0.25) is 0 Å². The summed E-state index contributed by atoms with van der Waals surface area (Å²) < 4.78 is 2.01. The van der Waals surface area contributed by atoms with Crippen molar-refractivity contribution in [2.75, 3.05) is 0 Å². The predicted octanol–water partition coefficient (Wildman–Crippen LogP) is 6.65. The Morgan fingerprint density at radius 2 is 1.56 bits per heavy atom. The topological polar surface area (TPSA) is 42.0 Å². The maximum atomic E-state index is 4.87.